The highest BCUT2D eigenvalue weighted by Gasteiger charge is 2.15. The quantitative estimate of drug-likeness (QED) is 0.618. The Balaban J connectivity index is 3.72. The van der Waals surface area contributed by atoms with Crippen LogP contribution in [0.3, 0.4) is 0 Å². The first-order chi connectivity index (χ1) is 5.76. The summed E-state index contributed by atoms with van der Waals surface area (Å²) in [4.78, 5) is 0. The van der Waals surface area contributed by atoms with E-state index in [1.807, 2.05) is 0 Å². The SMILES string of the molecule is CCCC(CCC)[C@@H](O)CCN. The summed E-state index contributed by atoms with van der Waals surface area (Å²) < 4.78 is 0. The van der Waals surface area contributed by atoms with Crippen molar-refractivity contribution in [3.8, 4) is 0 Å². The van der Waals surface area contributed by atoms with E-state index in [2.05, 4.69) is 13.8 Å². The van der Waals surface area contributed by atoms with E-state index in [0.29, 0.717) is 12.5 Å². The van der Waals surface area contributed by atoms with Gasteiger partial charge in [0.25, 0.3) is 0 Å². The van der Waals surface area contributed by atoms with Crippen LogP contribution >= 0.6 is 0 Å². The third kappa shape index (κ3) is 4.73. The Hall–Kier alpha value is -0.0800. The van der Waals surface area contributed by atoms with Gasteiger partial charge in [0.05, 0.1) is 6.10 Å². The zero-order valence-electron chi connectivity index (χ0n) is 8.42. The fourth-order valence-corrected chi connectivity index (χ4v) is 1.68. The Morgan fingerprint density at radius 1 is 1.08 bits per heavy atom. The lowest BCUT2D eigenvalue weighted by Gasteiger charge is -2.21. The molecule has 0 heterocycles. The van der Waals surface area contributed by atoms with Crippen molar-refractivity contribution in [3.63, 3.8) is 0 Å². The number of rotatable bonds is 7. The molecule has 0 aromatic heterocycles. The molecule has 0 amide bonds. The minimum absolute atomic E-state index is 0.171. The Morgan fingerprint density at radius 3 is 1.92 bits per heavy atom. The van der Waals surface area contributed by atoms with E-state index < -0.39 is 0 Å². The molecule has 1 atom stereocenters. The van der Waals surface area contributed by atoms with Crippen molar-refractivity contribution >= 4 is 0 Å². The Kier molecular flexibility index (Phi) is 7.51. The summed E-state index contributed by atoms with van der Waals surface area (Å²) >= 11 is 0. The first kappa shape index (κ1) is 11.9. The Morgan fingerprint density at radius 2 is 1.58 bits per heavy atom. The van der Waals surface area contributed by atoms with Gasteiger partial charge in [-0.15, -0.1) is 0 Å². The second kappa shape index (κ2) is 7.56. The molecule has 0 fully saturated rings. The third-order valence-electron chi connectivity index (χ3n) is 2.33. The van der Waals surface area contributed by atoms with Crippen LogP contribution < -0.4 is 5.73 Å². The standard InChI is InChI=1S/C10H23NO/c1-3-5-9(6-4-2)10(12)7-8-11/h9-10,12H,3-8,11H2,1-2H3/t10-/m0/s1. The normalized spacial score (nSPS) is 13.8. The summed E-state index contributed by atoms with van der Waals surface area (Å²) in [6.07, 6.45) is 5.17. The van der Waals surface area contributed by atoms with Gasteiger partial charge in [-0.25, -0.2) is 0 Å². The second-order valence-corrected chi connectivity index (χ2v) is 3.48. The summed E-state index contributed by atoms with van der Waals surface area (Å²) in [5.74, 6) is 0.476. The summed E-state index contributed by atoms with van der Waals surface area (Å²) in [6, 6.07) is 0. The van der Waals surface area contributed by atoms with Crippen LogP contribution in [0.1, 0.15) is 46.0 Å². The first-order valence-electron chi connectivity index (χ1n) is 5.14. The maximum atomic E-state index is 9.69. The molecule has 0 saturated heterocycles. The zero-order valence-corrected chi connectivity index (χ0v) is 8.42. The van der Waals surface area contributed by atoms with Crippen molar-refractivity contribution in [1.29, 1.82) is 0 Å². The molecule has 0 aromatic rings. The average Bonchev–Trinajstić information content (AvgIpc) is 2.04. The van der Waals surface area contributed by atoms with Gasteiger partial charge < -0.3 is 10.8 Å². The van der Waals surface area contributed by atoms with Crippen molar-refractivity contribution < 1.29 is 5.11 Å². The van der Waals surface area contributed by atoms with Gasteiger partial charge in [-0.05, 0) is 31.7 Å². The summed E-state index contributed by atoms with van der Waals surface area (Å²) in [7, 11) is 0. The van der Waals surface area contributed by atoms with E-state index in [1.165, 1.54) is 0 Å². The Labute approximate surface area is 76.2 Å². The van der Waals surface area contributed by atoms with Crippen LogP contribution in [0.4, 0.5) is 0 Å². The van der Waals surface area contributed by atoms with Crippen molar-refractivity contribution in [2.24, 2.45) is 11.7 Å². The molecule has 0 spiro atoms. The molecule has 2 nitrogen and oxygen atoms in total. The van der Waals surface area contributed by atoms with E-state index >= 15 is 0 Å². The summed E-state index contributed by atoms with van der Waals surface area (Å²) in [5, 5.41) is 9.69. The van der Waals surface area contributed by atoms with Crippen LogP contribution in [0.15, 0.2) is 0 Å². The molecule has 0 saturated carbocycles. The van der Waals surface area contributed by atoms with Crippen LogP contribution in [-0.2, 0) is 0 Å². The molecule has 74 valence electrons. The second-order valence-electron chi connectivity index (χ2n) is 3.48. The monoisotopic (exact) mass is 173 g/mol. The van der Waals surface area contributed by atoms with Crippen LogP contribution in [-0.4, -0.2) is 17.8 Å². The number of hydrogen-bond acceptors (Lipinski definition) is 2. The first-order valence-corrected chi connectivity index (χ1v) is 5.14. The zero-order chi connectivity index (χ0) is 9.40. The topological polar surface area (TPSA) is 46.2 Å². The van der Waals surface area contributed by atoms with Crippen molar-refractivity contribution in [2.45, 2.75) is 52.1 Å². The third-order valence-corrected chi connectivity index (χ3v) is 2.33. The molecular formula is C10H23NO. The largest absolute Gasteiger partial charge is 0.393 e. The highest BCUT2D eigenvalue weighted by molar-refractivity contribution is 4.68. The summed E-state index contributed by atoms with van der Waals surface area (Å²) in [5.41, 5.74) is 5.40. The van der Waals surface area contributed by atoms with Gasteiger partial charge in [0.2, 0.25) is 0 Å². The van der Waals surface area contributed by atoms with Crippen molar-refractivity contribution in [3.05, 3.63) is 0 Å². The lowest BCUT2D eigenvalue weighted by molar-refractivity contribution is 0.0902. The highest BCUT2D eigenvalue weighted by atomic mass is 16.3. The number of aliphatic hydroxyl groups excluding tert-OH is 1. The van der Waals surface area contributed by atoms with Crippen LogP contribution in [0.25, 0.3) is 0 Å². The van der Waals surface area contributed by atoms with Crippen LogP contribution in [0.2, 0.25) is 0 Å². The maximum absolute atomic E-state index is 9.69. The van der Waals surface area contributed by atoms with Crippen LogP contribution in [0.5, 0.6) is 0 Å². The van der Waals surface area contributed by atoms with Gasteiger partial charge in [-0.3, -0.25) is 0 Å². The minimum atomic E-state index is -0.171. The van der Waals surface area contributed by atoms with Crippen molar-refractivity contribution in [2.75, 3.05) is 6.54 Å². The number of aliphatic hydroxyl groups is 1. The van der Waals surface area contributed by atoms with Gasteiger partial charge >= 0.3 is 0 Å². The molecule has 0 rings (SSSR count). The van der Waals surface area contributed by atoms with E-state index in [4.69, 9.17) is 5.73 Å². The highest BCUT2D eigenvalue weighted by Crippen LogP contribution is 2.19. The predicted octanol–water partition coefficient (Wildman–Crippen LogP) is 1.91. The lowest BCUT2D eigenvalue weighted by atomic mass is 9.91. The van der Waals surface area contributed by atoms with Gasteiger partial charge in [-0.1, -0.05) is 26.7 Å². The number of nitrogens with two attached hydrogens (primary N) is 1. The maximum Gasteiger partial charge on any atom is 0.0580 e. The fraction of sp³-hybridized carbons (Fsp3) is 1.00. The molecule has 12 heavy (non-hydrogen) atoms. The van der Waals surface area contributed by atoms with Crippen LogP contribution in [0, 0.1) is 5.92 Å². The molecule has 0 aliphatic heterocycles. The van der Waals surface area contributed by atoms with E-state index in [0.717, 1.165) is 32.1 Å². The van der Waals surface area contributed by atoms with E-state index in [9.17, 15) is 5.11 Å². The molecule has 0 unspecified atom stereocenters. The smallest absolute Gasteiger partial charge is 0.0580 e. The molecule has 3 N–H and O–H groups in total. The lowest BCUT2D eigenvalue weighted by Crippen LogP contribution is -2.23. The molecular weight excluding hydrogens is 150 g/mol. The van der Waals surface area contributed by atoms with Gasteiger partial charge in [0, 0.05) is 0 Å². The predicted molar refractivity (Wildman–Crippen MR) is 53.0 cm³/mol. The van der Waals surface area contributed by atoms with Crippen molar-refractivity contribution in [1.82, 2.24) is 0 Å². The molecule has 0 aliphatic carbocycles. The van der Waals surface area contributed by atoms with Gasteiger partial charge in [0.15, 0.2) is 0 Å². The van der Waals surface area contributed by atoms with E-state index in [-0.39, 0.29) is 6.10 Å². The molecule has 0 radical (unpaired) electrons. The molecule has 0 aromatic carbocycles. The number of hydrogen-bond donors (Lipinski definition) is 2. The van der Waals surface area contributed by atoms with E-state index in [1.54, 1.807) is 0 Å². The fourth-order valence-electron chi connectivity index (χ4n) is 1.68. The molecule has 2 heteroatoms. The van der Waals surface area contributed by atoms with Gasteiger partial charge in [0.1, 0.15) is 0 Å². The van der Waals surface area contributed by atoms with Gasteiger partial charge in [-0.2, -0.15) is 0 Å². The molecule has 0 aliphatic rings. The summed E-state index contributed by atoms with van der Waals surface area (Å²) in [6.45, 7) is 4.93. The average molecular weight is 173 g/mol. The molecule has 0 bridgehead atoms. The Bertz CT molecular complexity index is 89.8. The minimum Gasteiger partial charge on any atom is -0.393 e.